The van der Waals surface area contributed by atoms with Crippen LogP contribution in [0.1, 0.15) is 53.4 Å². The van der Waals surface area contributed by atoms with Crippen molar-refractivity contribution in [2.45, 2.75) is 38.0 Å². The Morgan fingerprint density at radius 2 is 2.06 bits per heavy atom. The largest absolute Gasteiger partial charge is 0.339 e. The maximum Gasteiger partial charge on any atom is 0.253 e. The van der Waals surface area contributed by atoms with Gasteiger partial charge in [0.15, 0.2) is 0 Å². The normalized spacial score (nSPS) is 18.6. The van der Waals surface area contributed by atoms with E-state index in [1.165, 1.54) is 12.1 Å². The van der Waals surface area contributed by atoms with Crippen molar-refractivity contribution in [2.24, 2.45) is 0 Å². The zero-order valence-corrected chi connectivity index (χ0v) is 17.5. The lowest BCUT2D eigenvalue weighted by molar-refractivity contribution is -0.116. The highest BCUT2D eigenvalue weighted by Crippen LogP contribution is 2.30. The highest BCUT2D eigenvalue weighted by atomic mass is 19.1. The van der Waals surface area contributed by atoms with Crippen LogP contribution >= 0.6 is 0 Å². The number of rotatable bonds is 3. The molecule has 5 rings (SSSR count). The van der Waals surface area contributed by atoms with E-state index in [9.17, 15) is 14.0 Å². The Morgan fingerprint density at radius 1 is 1.16 bits per heavy atom. The monoisotopic (exact) mass is 434 g/mol. The molecule has 1 atom stereocenters. The molecule has 1 N–H and O–H groups in total. The number of hydrogen-bond donors (Lipinski definition) is 1. The first-order chi connectivity index (χ1) is 15.6. The highest BCUT2D eigenvalue weighted by Gasteiger charge is 2.29. The van der Waals surface area contributed by atoms with E-state index < -0.39 is 0 Å². The molecule has 0 bridgehead atoms. The molecular formula is C24H23FN4O3. The van der Waals surface area contributed by atoms with Gasteiger partial charge in [0.05, 0.1) is 5.92 Å². The summed E-state index contributed by atoms with van der Waals surface area (Å²) in [4.78, 5) is 31.3. The molecule has 2 aliphatic heterocycles. The van der Waals surface area contributed by atoms with Crippen LogP contribution in [0.25, 0.3) is 11.4 Å². The number of likely N-dealkylation sites (tertiary alicyclic amines) is 1. The number of nitrogens with zero attached hydrogens (tertiary/aromatic N) is 3. The van der Waals surface area contributed by atoms with Crippen molar-refractivity contribution >= 4 is 17.5 Å². The molecule has 1 unspecified atom stereocenters. The van der Waals surface area contributed by atoms with Gasteiger partial charge in [-0.15, -0.1) is 0 Å². The van der Waals surface area contributed by atoms with Gasteiger partial charge in [-0.3, -0.25) is 9.59 Å². The highest BCUT2D eigenvalue weighted by molar-refractivity contribution is 5.97. The van der Waals surface area contributed by atoms with Gasteiger partial charge in [-0.25, -0.2) is 4.39 Å². The fraction of sp³-hybridized carbons (Fsp3) is 0.333. The van der Waals surface area contributed by atoms with Crippen molar-refractivity contribution in [3.8, 4) is 11.4 Å². The molecule has 3 aromatic rings. The lowest BCUT2D eigenvalue weighted by atomic mass is 9.96. The van der Waals surface area contributed by atoms with Crippen LogP contribution in [0.15, 0.2) is 47.0 Å². The van der Waals surface area contributed by atoms with E-state index >= 15 is 0 Å². The van der Waals surface area contributed by atoms with Gasteiger partial charge in [-0.1, -0.05) is 17.3 Å². The van der Waals surface area contributed by atoms with E-state index in [2.05, 4.69) is 15.5 Å². The van der Waals surface area contributed by atoms with Gasteiger partial charge in [0.1, 0.15) is 5.82 Å². The van der Waals surface area contributed by atoms with Crippen LogP contribution in [-0.2, 0) is 11.2 Å². The van der Waals surface area contributed by atoms with Crippen molar-refractivity contribution in [3.05, 3.63) is 65.3 Å². The minimum absolute atomic E-state index is 0.0128. The Bertz CT molecular complexity index is 1180. The number of nitrogens with one attached hydrogen (secondary N) is 1. The predicted octanol–water partition coefficient (Wildman–Crippen LogP) is 4.17. The molecule has 1 fully saturated rings. The second kappa shape index (κ2) is 8.53. The van der Waals surface area contributed by atoms with Crippen molar-refractivity contribution in [3.63, 3.8) is 0 Å². The molecule has 2 aromatic carbocycles. The Labute approximate surface area is 184 Å². The molecule has 32 heavy (non-hydrogen) atoms. The van der Waals surface area contributed by atoms with E-state index in [4.69, 9.17) is 4.52 Å². The fourth-order valence-electron chi connectivity index (χ4n) is 4.40. The second-order valence-electron chi connectivity index (χ2n) is 8.33. The molecule has 164 valence electrons. The maximum absolute atomic E-state index is 13.5. The Balaban J connectivity index is 1.32. The van der Waals surface area contributed by atoms with Crippen LogP contribution in [0.4, 0.5) is 10.1 Å². The minimum atomic E-state index is -0.358. The number of amides is 2. The molecule has 3 heterocycles. The maximum atomic E-state index is 13.5. The van der Waals surface area contributed by atoms with Gasteiger partial charge in [0.2, 0.25) is 17.6 Å². The average Bonchev–Trinajstić information content (AvgIpc) is 3.22. The van der Waals surface area contributed by atoms with Gasteiger partial charge in [0.25, 0.3) is 5.91 Å². The van der Waals surface area contributed by atoms with Gasteiger partial charge in [-0.05, 0) is 61.6 Å². The van der Waals surface area contributed by atoms with Crippen LogP contribution in [0, 0.1) is 5.82 Å². The van der Waals surface area contributed by atoms with Crippen molar-refractivity contribution in [1.82, 2.24) is 15.0 Å². The second-order valence-corrected chi connectivity index (χ2v) is 8.33. The summed E-state index contributed by atoms with van der Waals surface area (Å²) in [6.07, 6.45) is 3.70. The molecule has 0 aliphatic carbocycles. The smallest absolute Gasteiger partial charge is 0.253 e. The summed E-state index contributed by atoms with van der Waals surface area (Å²) < 4.78 is 19.0. The first-order valence-electron chi connectivity index (χ1n) is 10.9. The number of hydrogen-bond acceptors (Lipinski definition) is 5. The third-order valence-electron chi connectivity index (χ3n) is 6.06. The van der Waals surface area contributed by atoms with Gasteiger partial charge < -0.3 is 14.7 Å². The average molecular weight is 434 g/mol. The van der Waals surface area contributed by atoms with Gasteiger partial charge in [0, 0.05) is 36.3 Å². The van der Waals surface area contributed by atoms with Crippen molar-refractivity contribution in [2.75, 3.05) is 18.4 Å². The Kier molecular flexibility index (Phi) is 5.43. The quantitative estimate of drug-likeness (QED) is 0.668. The standard InChI is InChI=1S/C24H23FN4O3/c25-19-7-1-5-16(13-19)22-27-23(32-28-22)18-6-3-11-29(14-18)24(31)17-9-10-20-15(12-17)4-2-8-21(30)26-20/h1,5,7,9-10,12-13,18H,2-4,6,8,11,14H2,(H,26,30). The molecule has 0 spiro atoms. The van der Waals surface area contributed by atoms with Crippen LogP contribution in [0.2, 0.25) is 0 Å². The summed E-state index contributed by atoms with van der Waals surface area (Å²) in [5.41, 5.74) is 2.95. The molecule has 2 amide bonds. The summed E-state index contributed by atoms with van der Waals surface area (Å²) in [5, 5.41) is 6.90. The number of fused-ring (bicyclic) bond motifs is 1. The summed E-state index contributed by atoms with van der Waals surface area (Å²) in [6, 6.07) is 11.5. The first kappa shape index (κ1) is 20.4. The SMILES string of the molecule is O=C1CCCc2cc(C(=O)N3CCCC(c4nc(-c5cccc(F)c5)no4)C3)ccc2N1. The zero-order valence-electron chi connectivity index (χ0n) is 17.5. The summed E-state index contributed by atoms with van der Waals surface area (Å²) in [6.45, 7) is 1.14. The van der Waals surface area contributed by atoms with E-state index in [0.29, 0.717) is 42.4 Å². The Hall–Kier alpha value is -3.55. The van der Waals surface area contributed by atoms with Crippen LogP contribution < -0.4 is 5.32 Å². The topological polar surface area (TPSA) is 88.3 Å². The van der Waals surface area contributed by atoms with Crippen molar-refractivity contribution < 1.29 is 18.5 Å². The molecule has 1 aromatic heterocycles. The number of halogens is 1. The Morgan fingerprint density at radius 3 is 2.94 bits per heavy atom. The van der Waals surface area contributed by atoms with Crippen LogP contribution in [0.3, 0.4) is 0 Å². The molecule has 7 nitrogen and oxygen atoms in total. The third kappa shape index (κ3) is 4.12. The number of carbonyl (C=O) groups excluding carboxylic acids is 2. The summed E-state index contributed by atoms with van der Waals surface area (Å²) in [7, 11) is 0. The van der Waals surface area contributed by atoms with Crippen LogP contribution in [0.5, 0.6) is 0 Å². The van der Waals surface area contributed by atoms with Gasteiger partial charge in [-0.2, -0.15) is 4.98 Å². The molecule has 0 saturated carbocycles. The van der Waals surface area contributed by atoms with E-state index in [0.717, 1.165) is 36.9 Å². The lowest BCUT2D eigenvalue weighted by Crippen LogP contribution is -2.39. The van der Waals surface area contributed by atoms with Gasteiger partial charge >= 0.3 is 0 Å². The molecule has 8 heteroatoms. The number of aryl methyl sites for hydroxylation is 1. The molecule has 2 aliphatic rings. The van der Waals surface area contributed by atoms with Crippen molar-refractivity contribution in [1.29, 1.82) is 0 Å². The zero-order chi connectivity index (χ0) is 22.1. The number of carbonyl (C=O) groups is 2. The summed E-state index contributed by atoms with van der Waals surface area (Å²) in [5.74, 6) is 0.352. The first-order valence-corrected chi connectivity index (χ1v) is 10.9. The molecule has 0 radical (unpaired) electrons. The number of piperidine rings is 1. The van der Waals surface area contributed by atoms with E-state index in [1.807, 2.05) is 17.0 Å². The van der Waals surface area contributed by atoms with E-state index in [-0.39, 0.29) is 23.5 Å². The van der Waals surface area contributed by atoms with Crippen LogP contribution in [-0.4, -0.2) is 39.9 Å². The predicted molar refractivity (Wildman–Crippen MR) is 116 cm³/mol. The summed E-state index contributed by atoms with van der Waals surface area (Å²) >= 11 is 0. The number of anilines is 1. The third-order valence-corrected chi connectivity index (χ3v) is 6.06. The molecule has 1 saturated heterocycles. The minimum Gasteiger partial charge on any atom is -0.339 e. The number of aromatic nitrogens is 2. The lowest BCUT2D eigenvalue weighted by Gasteiger charge is -2.31. The fourth-order valence-corrected chi connectivity index (χ4v) is 4.40. The number of benzene rings is 2. The molecular weight excluding hydrogens is 411 g/mol. The van der Waals surface area contributed by atoms with E-state index in [1.54, 1.807) is 18.2 Å².